The van der Waals surface area contributed by atoms with E-state index in [-0.39, 0.29) is 14.7 Å². The molecule has 2 aromatic rings. The fraction of sp³-hybridized carbons (Fsp3) is 0.0769. The van der Waals surface area contributed by atoms with E-state index in [1.54, 1.807) is 22.6 Å². The van der Waals surface area contributed by atoms with Gasteiger partial charge in [-0.1, -0.05) is 18.2 Å². The average molecular weight is 384 g/mol. The van der Waals surface area contributed by atoms with Crippen LogP contribution in [0.3, 0.4) is 0 Å². The summed E-state index contributed by atoms with van der Waals surface area (Å²) in [6.45, 7) is 0. The minimum atomic E-state index is -4.53. The van der Waals surface area contributed by atoms with Crippen LogP contribution in [0.1, 0.15) is 5.56 Å². The third-order valence-electron chi connectivity index (χ3n) is 2.53. The molecule has 0 spiro atoms. The average Bonchev–Trinajstić information content (AvgIpc) is 2.32. The highest BCUT2D eigenvalue weighted by Crippen LogP contribution is 2.36. The lowest BCUT2D eigenvalue weighted by molar-refractivity contribution is -0.138. The molecule has 2 aromatic carbocycles. The van der Waals surface area contributed by atoms with Crippen LogP contribution in [0.5, 0.6) is 0 Å². The Labute approximate surface area is 119 Å². The quantitative estimate of drug-likeness (QED) is 0.465. The molecule has 0 saturated carbocycles. The summed E-state index contributed by atoms with van der Waals surface area (Å²) < 4.78 is 64.9. The summed E-state index contributed by atoms with van der Waals surface area (Å²) >= 11 is 1.55. The van der Waals surface area contributed by atoms with Crippen LogP contribution in [-0.2, 0) is 6.18 Å². The molecule has 0 amide bonds. The van der Waals surface area contributed by atoms with Crippen LogP contribution in [0.4, 0.5) is 22.0 Å². The summed E-state index contributed by atoms with van der Waals surface area (Å²) in [6, 6.07) is 6.77. The van der Waals surface area contributed by atoms with Crippen molar-refractivity contribution in [1.82, 2.24) is 0 Å². The Morgan fingerprint density at radius 2 is 1.63 bits per heavy atom. The summed E-state index contributed by atoms with van der Waals surface area (Å²) in [4.78, 5) is 0. The van der Waals surface area contributed by atoms with Gasteiger partial charge in [0.2, 0.25) is 0 Å². The zero-order valence-electron chi connectivity index (χ0n) is 9.23. The van der Waals surface area contributed by atoms with Crippen molar-refractivity contribution >= 4 is 22.6 Å². The highest BCUT2D eigenvalue weighted by atomic mass is 127. The third-order valence-corrected chi connectivity index (χ3v) is 3.48. The lowest BCUT2D eigenvalue weighted by Gasteiger charge is -2.12. The molecule has 0 N–H and O–H groups in total. The second-order valence-electron chi connectivity index (χ2n) is 3.79. The molecule has 0 fully saturated rings. The standard InChI is InChI=1S/C13H6F5I/c14-10-3-1-2-8(12(10)15)7-4-5-11(19)9(6-7)13(16,17)18/h1-6H. The van der Waals surface area contributed by atoms with Crippen molar-refractivity contribution in [2.75, 3.05) is 0 Å². The molecule has 0 radical (unpaired) electrons. The summed E-state index contributed by atoms with van der Waals surface area (Å²) in [5.74, 6) is -2.25. The Morgan fingerprint density at radius 1 is 0.947 bits per heavy atom. The van der Waals surface area contributed by atoms with Crippen LogP contribution in [0.15, 0.2) is 36.4 Å². The number of halogens is 6. The maximum atomic E-state index is 13.6. The number of alkyl halides is 3. The highest BCUT2D eigenvalue weighted by molar-refractivity contribution is 14.1. The number of hydrogen-bond acceptors (Lipinski definition) is 0. The minimum Gasteiger partial charge on any atom is -0.204 e. The molecule has 19 heavy (non-hydrogen) atoms. The predicted molar refractivity (Wildman–Crippen MR) is 69.5 cm³/mol. The van der Waals surface area contributed by atoms with E-state index in [9.17, 15) is 22.0 Å². The maximum absolute atomic E-state index is 13.6. The number of rotatable bonds is 1. The Kier molecular flexibility index (Phi) is 3.80. The van der Waals surface area contributed by atoms with Gasteiger partial charge in [0.25, 0.3) is 0 Å². The molecule has 0 nitrogen and oxygen atoms in total. The van der Waals surface area contributed by atoms with Gasteiger partial charge in [0, 0.05) is 9.13 Å². The van der Waals surface area contributed by atoms with E-state index in [1.165, 1.54) is 24.3 Å². The SMILES string of the molecule is Fc1cccc(-c2ccc(I)c(C(F)(F)F)c2)c1F. The van der Waals surface area contributed by atoms with Gasteiger partial charge in [-0.05, 0) is 46.4 Å². The summed E-state index contributed by atoms with van der Waals surface area (Å²) in [5, 5.41) is 0. The van der Waals surface area contributed by atoms with Crippen LogP contribution in [0, 0.1) is 15.2 Å². The first-order chi connectivity index (χ1) is 8.80. The molecule has 0 heterocycles. The van der Waals surface area contributed by atoms with Crippen LogP contribution in [0.2, 0.25) is 0 Å². The van der Waals surface area contributed by atoms with Gasteiger partial charge < -0.3 is 0 Å². The predicted octanol–water partition coefficient (Wildman–Crippen LogP) is 5.26. The first-order valence-corrected chi connectivity index (χ1v) is 6.19. The van der Waals surface area contributed by atoms with E-state index in [2.05, 4.69) is 0 Å². The topological polar surface area (TPSA) is 0 Å². The van der Waals surface area contributed by atoms with Gasteiger partial charge in [-0.2, -0.15) is 13.2 Å². The first kappa shape index (κ1) is 14.2. The molecule has 0 aliphatic rings. The first-order valence-electron chi connectivity index (χ1n) is 5.12. The van der Waals surface area contributed by atoms with Crippen LogP contribution in [-0.4, -0.2) is 0 Å². The Morgan fingerprint density at radius 3 is 2.26 bits per heavy atom. The molecular weight excluding hydrogens is 378 g/mol. The van der Waals surface area contributed by atoms with Crippen molar-refractivity contribution in [3.05, 3.63) is 57.2 Å². The van der Waals surface area contributed by atoms with E-state index in [0.717, 1.165) is 12.1 Å². The fourth-order valence-corrected chi connectivity index (χ4v) is 2.28. The lowest BCUT2D eigenvalue weighted by Crippen LogP contribution is -2.07. The number of benzene rings is 2. The van der Waals surface area contributed by atoms with E-state index < -0.39 is 23.4 Å². The third kappa shape index (κ3) is 2.88. The van der Waals surface area contributed by atoms with Gasteiger partial charge in [-0.25, -0.2) is 8.78 Å². The Hall–Kier alpha value is -1.18. The molecular formula is C13H6F5I. The maximum Gasteiger partial charge on any atom is 0.417 e. The van der Waals surface area contributed by atoms with Crippen LogP contribution in [0.25, 0.3) is 11.1 Å². The number of hydrogen-bond donors (Lipinski definition) is 0. The van der Waals surface area contributed by atoms with Crippen molar-refractivity contribution in [1.29, 1.82) is 0 Å². The van der Waals surface area contributed by atoms with Gasteiger partial charge >= 0.3 is 6.18 Å². The minimum absolute atomic E-state index is 0.00524. The summed E-state index contributed by atoms with van der Waals surface area (Å²) in [6.07, 6.45) is -4.53. The molecule has 0 atom stereocenters. The van der Waals surface area contributed by atoms with Gasteiger partial charge in [-0.15, -0.1) is 0 Å². The zero-order valence-corrected chi connectivity index (χ0v) is 11.4. The molecule has 0 saturated heterocycles. The van der Waals surface area contributed by atoms with Crippen LogP contribution < -0.4 is 0 Å². The van der Waals surface area contributed by atoms with Crippen molar-refractivity contribution in [2.45, 2.75) is 6.18 Å². The second kappa shape index (κ2) is 5.07. The lowest BCUT2D eigenvalue weighted by atomic mass is 10.0. The molecule has 0 unspecified atom stereocenters. The Bertz CT molecular complexity index is 619. The van der Waals surface area contributed by atoms with Crippen molar-refractivity contribution < 1.29 is 22.0 Å². The molecule has 0 bridgehead atoms. The molecule has 0 aliphatic heterocycles. The van der Waals surface area contributed by atoms with E-state index in [1.807, 2.05) is 0 Å². The van der Waals surface area contributed by atoms with Gasteiger partial charge in [-0.3, -0.25) is 0 Å². The van der Waals surface area contributed by atoms with Crippen molar-refractivity contribution in [3.8, 4) is 11.1 Å². The summed E-state index contributed by atoms with van der Waals surface area (Å²) in [5.41, 5.74) is -1.07. The monoisotopic (exact) mass is 384 g/mol. The van der Waals surface area contributed by atoms with E-state index in [0.29, 0.717) is 0 Å². The summed E-state index contributed by atoms with van der Waals surface area (Å²) in [7, 11) is 0. The molecule has 0 aromatic heterocycles. The Balaban J connectivity index is 2.62. The van der Waals surface area contributed by atoms with Gasteiger partial charge in [0.05, 0.1) is 5.56 Å². The zero-order chi connectivity index (χ0) is 14.2. The highest BCUT2D eigenvalue weighted by Gasteiger charge is 2.33. The van der Waals surface area contributed by atoms with E-state index >= 15 is 0 Å². The molecule has 100 valence electrons. The fourth-order valence-electron chi connectivity index (χ4n) is 1.64. The van der Waals surface area contributed by atoms with Crippen molar-refractivity contribution in [2.24, 2.45) is 0 Å². The van der Waals surface area contributed by atoms with Gasteiger partial charge in [0.15, 0.2) is 11.6 Å². The van der Waals surface area contributed by atoms with Gasteiger partial charge in [0.1, 0.15) is 0 Å². The second-order valence-corrected chi connectivity index (χ2v) is 4.96. The molecule has 2 rings (SSSR count). The normalized spacial score (nSPS) is 11.7. The van der Waals surface area contributed by atoms with Crippen molar-refractivity contribution in [3.63, 3.8) is 0 Å². The smallest absolute Gasteiger partial charge is 0.204 e. The van der Waals surface area contributed by atoms with Crippen LogP contribution >= 0.6 is 22.6 Å². The molecule has 0 aliphatic carbocycles. The van der Waals surface area contributed by atoms with E-state index in [4.69, 9.17) is 0 Å². The molecule has 6 heteroatoms. The largest absolute Gasteiger partial charge is 0.417 e.